The summed E-state index contributed by atoms with van der Waals surface area (Å²) in [6.45, 7) is 5.04. The molecule has 0 unspecified atom stereocenters. The van der Waals surface area contributed by atoms with Gasteiger partial charge in [-0.3, -0.25) is 9.59 Å². The van der Waals surface area contributed by atoms with Gasteiger partial charge in [0.25, 0.3) is 0 Å². The molecule has 4 nitrogen and oxygen atoms in total. The van der Waals surface area contributed by atoms with Gasteiger partial charge in [-0.2, -0.15) is 0 Å². The summed E-state index contributed by atoms with van der Waals surface area (Å²) in [6, 6.07) is 2.84. The summed E-state index contributed by atoms with van der Waals surface area (Å²) in [4.78, 5) is 23.9. The minimum absolute atomic E-state index is 0.0928. The molecular formula is C14H14O4. The Morgan fingerprint density at radius 1 is 1.33 bits per heavy atom. The third kappa shape index (κ3) is 1.70. The average Bonchev–Trinajstić information content (AvgIpc) is 2.35. The molecule has 1 N–H and O–H groups in total. The van der Waals surface area contributed by atoms with Crippen LogP contribution in [0.1, 0.15) is 35.0 Å². The van der Waals surface area contributed by atoms with Gasteiger partial charge in [0.1, 0.15) is 17.1 Å². The molecule has 1 aromatic carbocycles. The maximum atomic E-state index is 12.1. The van der Waals surface area contributed by atoms with E-state index in [1.54, 1.807) is 20.8 Å². The highest BCUT2D eigenvalue weighted by molar-refractivity contribution is 6.08. The van der Waals surface area contributed by atoms with Gasteiger partial charge in [-0.1, -0.05) is 6.92 Å². The monoisotopic (exact) mass is 246 g/mol. The first-order valence-corrected chi connectivity index (χ1v) is 5.76. The molecule has 0 aliphatic carbocycles. The van der Waals surface area contributed by atoms with Crippen LogP contribution in [-0.4, -0.2) is 10.9 Å². The van der Waals surface area contributed by atoms with E-state index in [1.165, 1.54) is 12.1 Å². The number of phenols is 1. The van der Waals surface area contributed by atoms with E-state index in [9.17, 15) is 14.7 Å². The number of hydrogen-bond acceptors (Lipinski definition) is 4. The van der Waals surface area contributed by atoms with Gasteiger partial charge in [-0.05, 0) is 26.0 Å². The number of carbonyl (C=O) groups excluding carboxylic acids is 1. The molecule has 0 aliphatic heterocycles. The second-order valence-electron chi connectivity index (χ2n) is 4.23. The van der Waals surface area contributed by atoms with Gasteiger partial charge in [-0.15, -0.1) is 0 Å². The Labute approximate surface area is 104 Å². The van der Waals surface area contributed by atoms with Crippen molar-refractivity contribution in [1.82, 2.24) is 0 Å². The van der Waals surface area contributed by atoms with Crippen LogP contribution >= 0.6 is 0 Å². The zero-order valence-electron chi connectivity index (χ0n) is 10.5. The zero-order chi connectivity index (χ0) is 13.4. The molecule has 0 amide bonds. The number of ketones is 1. The first-order chi connectivity index (χ1) is 8.47. The summed E-state index contributed by atoms with van der Waals surface area (Å²) in [6.07, 6.45) is 0.239. The molecular weight excluding hydrogens is 232 g/mol. The second kappa shape index (κ2) is 4.29. The first kappa shape index (κ1) is 12.4. The van der Waals surface area contributed by atoms with E-state index in [4.69, 9.17) is 4.42 Å². The summed E-state index contributed by atoms with van der Waals surface area (Å²) in [5.74, 6) is 0.0634. The number of benzene rings is 1. The van der Waals surface area contributed by atoms with Crippen LogP contribution in [0.2, 0.25) is 0 Å². The van der Waals surface area contributed by atoms with Crippen molar-refractivity contribution < 1.29 is 14.3 Å². The summed E-state index contributed by atoms with van der Waals surface area (Å²) in [5.41, 5.74) is 0.618. The summed E-state index contributed by atoms with van der Waals surface area (Å²) in [5, 5.41) is 10.1. The Morgan fingerprint density at radius 2 is 2.00 bits per heavy atom. The maximum absolute atomic E-state index is 12.1. The van der Waals surface area contributed by atoms with Crippen LogP contribution < -0.4 is 5.43 Å². The fourth-order valence-electron chi connectivity index (χ4n) is 1.89. The van der Waals surface area contributed by atoms with Crippen molar-refractivity contribution in [3.8, 4) is 5.75 Å². The van der Waals surface area contributed by atoms with Crippen LogP contribution in [0, 0.1) is 13.8 Å². The molecule has 18 heavy (non-hydrogen) atoms. The fraction of sp³-hybridized carbons (Fsp3) is 0.286. The lowest BCUT2D eigenvalue weighted by Crippen LogP contribution is -2.09. The molecule has 0 radical (unpaired) electrons. The largest absolute Gasteiger partial charge is 0.507 e. The maximum Gasteiger partial charge on any atom is 0.195 e. The predicted octanol–water partition coefficient (Wildman–Crippen LogP) is 2.71. The van der Waals surface area contributed by atoms with Crippen molar-refractivity contribution in [3.05, 3.63) is 39.2 Å². The van der Waals surface area contributed by atoms with Gasteiger partial charge in [0.15, 0.2) is 16.8 Å². The van der Waals surface area contributed by atoms with Crippen LogP contribution in [0.5, 0.6) is 5.75 Å². The van der Waals surface area contributed by atoms with Crippen molar-refractivity contribution in [3.63, 3.8) is 0 Å². The Bertz CT molecular complexity index is 695. The van der Waals surface area contributed by atoms with Gasteiger partial charge in [0.2, 0.25) is 0 Å². The van der Waals surface area contributed by atoms with E-state index in [1.807, 2.05) is 0 Å². The Morgan fingerprint density at radius 3 is 2.61 bits per heavy atom. The molecule has 0 aliphatic rings. The Balaban J connectivity index is 2.98. The summed E-state index contributed by atoms with van der Waals surface area (Å²) >= 11 is 0. The third-order valence-electron chi connectivity index (χ3n) is 3.10. The van der Waals surface area contributed by atoms with Crippen molar-refractivity contribution in [1.29, 1.82) is 0 Å². The lowest BCUT2D eigenvalue weighted by Gasteiger charge is -2.08. The van der Waals surface area contributed by atoms with E-state index in [0.717, 1.165) is 0 Å². The summed E-state index contributed by atoms with van der Waals surface area (Å²) < 4.78 is 5.53. The van der Waals surface area contributed by atoms with Crippen LogP contribution in [0.4, 0.5) is 0 Å². The van der Waals surface area contributed by atoms with Crippen LogP contribution in [-0.2, 0) is 0 Å². The van der Waals surface area contributed by atoms with E-state index < -0.39 is 0 Å². The molecule has 0 spiro atoms. The second-order valence-corrected chi connectivity index (χ2v) is 4.23. The van der Waals surface area contributed by atoms with Crippen molar-refractivity contribution >= 4 is 16.8 Å². The van der Waals surface area contributed by atoms with E-state index >= 15 is 0 Å². The van der Waals surface area contributed by atoms with E-state index in [2.05, 4.69) is 0 Å². The lowest BCUT2D eigenvalue weighted by molar-refractivity contribution is 0.0986. The van der Waals surface area contributed by atoms with Crippen LogP contribution in [0.15, 0.2) is 21.3 Å². The molecule has 2 aromatic rings. The standard InChI is InChI=1S/C14H14O4/c1-4-10(15)12-11(16)6-5-9-13(17)7(2)8(3)18-14(9)12/h5-6,16H,4H2,1-3H3. The van der Waals surface area contributed by atoms with Gasteiger partial charge in [-0.25, -0.2) is 0 Å². The normalized spacial score (nSPS) is 10.8. The molecule has 4 heteroatoms. The molecule has 0 atom stereocenters. The summed E-state index contributed by atoms with van der Waals surface area (Å²) in [7, 11) is 0. The Hall–Kier alpha value is -2.10. The number of carbonyl (C=O) groups is 1. The molecule has 94 valence electrons. The smallest absolute Gasteiger partial charge is 0.195 e. The van der Waals surface area contributed by atoms with Crippen molar-refractivity contribution in [2.45, 2.75) is 27.2 Å². The minimum Gasteiger partial charge on any atom is -0.507 e. The van der Waals surface area contributed by atoms with Crippen LogP contribution in [0.25, 0.3) is 11.0 Å². The van der Waals surface area contributed by atoms with Gasteiger partial charge in [0.05, 0.1) is 5.39 Å². The number of aromatic hydroxyl groups is 1. The number of hydrogen-bond donors (Lipinski definition) is 1. The number of rotatable bonds is 2. The minimum atomic E-state index is -0.246. The quantitative estimate of drug-likeness (QED) is 0.827. The van der Waals surface area contributed by atoms with E-state index in [0.29, 0.717) is 16.7 Å². The third-order valence-corrected chi connectivity index (χ3v) is 3.10. The molecule has 0 bridgehead atoms. The van der Waals surface area contributed by atoms with E-state index in [-0.39, 0.29) is 34.5 Å². The average molecular weight is 246 g/mol. The number of Topliss-reactive ketones (excluding diaryl/α,β-unsaturated/α-hetero) is 1. The van der Waals surface area contributed by atoms with Gasteiger partial charge in [0, 0.05) is 12.0 Å². The molecule has 2 rings (SSSR count). The topological polar surface area (TPSA) is 67.5 Å². The molecule has 1 heterocycles. The van der Waals surface area contributed by atoms with Gasteiger partial charge < -0.3 is 9.52 Å². The highest BCUT2D eigenvalue weighted by atomic mass is 16.3. The highest BCUT2D eigenvalue weighted by Crippen LogP contribution is 2.28. The first-order valence-electron chi connectivity index (χ1n) is 5.76. The highest BCUT2D eigenvalue weighted by Gasteiger charge is 2.18. The predicted molar refractivity (Wildman–Crippen MR) is 68.2 cm³/mol. The molecule has 0 fully saturated rings. The lowest BCUT2D eigenvalue weighted by atomic mass is 10.0. The van der Waals surface area contributed by atoms with Gasteiger partial charge >= 0.3 is 0 Å². The molecule has 0 saturated carbocycles. The SMILES string of the molecule is CCC(=O)c1c(O)ccc2c(=O)c(C)c(C)oc12. The van der Waals surface area contributed by atoms with Crippen molar-refractivity contribution in [2.75, 3.05) is 0 Å². The number of phenolic OH excluding ortho intramolecular Hbond substituents is 1. The number of aryl methyl sites for hydroxylation is 1. The van der Waals surface area contributed by atoms with Crippen LogP contribution in [0.3, 0.4) is 0 Å². The molecule has 0 saturated heterocycles. The fourth-order valence-corrected chi connectivity index (χ4v) is 1.89. The number of fused-ring (bicyclic) bond motifs is 1. The molecule has 1 aromatic heterocycles. The zero-order valence-corrected chi connectivity index (χ0v) is 10.5. The Kier molecular flexibility index (Phi) is 2.95. The van der Waals surface area contributed by atoms with Crippen molar-refractivity contribution in [2.24, 2.45) is 0 Å².